The van der Waals surface area contributed by atoms with Crippen molar-refractivity contribution in [2.75, 3.05) is 0 Å². The number of imide groups is 1. The van der Waals surface area contributed by atoms with Crippen LogP contribution in [-0.2, 0) is 10.3 Å². The van der Waals surface area contributed by atoms with Crippen LogP contribution < -0.4 is 10.6 Å². The fourth-order valence-electron chi connectivity index (χ4n) is 2.33. The van der Waals surface area contributed by atoms with Gasteiger partial charge < -0.3 is 5.32 Å². The third-order valence-corrected chi connectivity index (χ3v) is 3.15. The van der Waals surface area contributed by atoms with Crippen LogP contribution in [0.15, 0.2) is 18.2 Å². The highest BCUT2D eigenvalue weighted by molar-refractivity contribution is 6.07. The molecule has 2 rings (SSSR count). The molecule has 1 aliphatic rings. The van der Waals surface area contributed by atoms with Crippen LogP contribution in [0.5, 0.6) is 0 Å². The van der Waals surface area contributed by atoms with Crippen molar-refractivity contribution in [3.63, 3.8) is 0 Å². The number of carbonyl (C=O) groups is 2. The molecule has 4 nitrogen and oxygen atoms in total. The highest BCUT2D eigenvalue weighted by Gasteiger charge is 2.48. The molecular weight excluding hydrogens is 235 g/mol. The lowest BCUT2D eigenvalue weighted by atomic mass is 9.85. The SMILES string of the molecule is CCCC1(c2ccc(C)cc2F)NC(=O)NC1=O. The zero-order valence-electron chi connectivity index (χ0n) is 10.3. The Labute approximate surface area is 105 Å². The van der Waals surface area contributed by atoms with Gasteiger partial charge in [0.25, 0.3) is 5.91 Å². The lowest BCUT2D eigenvalue weighted by molar-refractivity contribution is -0.124. The summed E-state index contributed by atoms with van der Waals surface area (Å²) < 4.78 is 14.0. The third-order valence-electron chi connectivity index (χ3n) is 3.15. The number of urea groups is 1. The van der Waals surface area contributed by atoms with Crippen molar-refractivity contribution in [2.24, 2.45) is 0 Å². The summed E-state index contributed by atoms with van der Waals surface area (Å²) in [5.74, 6) is -0.960. The van der Waals surface area contributed by atoms with Gasteiger partial charge in [-0.15, -0.1) is 0 Å². The number of amides is 3. The minimum absolute atomic E-state index is 0.221. The lowest BCUT2D eigenvalue weighted by Crippen LogP contribution is -2.44. The number of halogens is 1. The Morgan fingerprint density at radius 1 is 1.33 bits per heavy atom. The van der Waals surface area contributed by atoms with Crippen LogP contribution in [0, 0.1) is 12.7 Å². The molecule has 2 N–H and O–H groups in total. The Hall–Kier alpha value is -1.91. The van der Waals surface area contributed by atoms with Gasteiger partial charge in [-0.25, -0.2) is 9.18 Å². The van der Waals surface area contributed by atoms with E-state index in [1.807, 2.05) is 6.92 Å². The molecule has 1 aliphatic heterocycles. The van der Waals surface area contributed by atoms with Crippen molar-refractivity contribution in [1.29, 1.82) is 0 Å². The van der Waals surface area contributed by atoms with Crippen LogP contribution >= 0.6 is 0 Å². The molecule has 1 aromatic carbocycles. The molecule has 1 aromatic rings. The van der Waals surface area contributed by atoms with Crippen molar-refractivity contribution in [3.05, 3.63) is 35.1 Å². The van der Waals surface area contributed by atoms with Gasteiger partial charge >= 0.3 is 6.03 Å². The second-order valence-electron chi connectivity index (χ2n) is 4.55. The Morgan fingerprint density at radius 3 is 2.56 bits per heavy atom. The van der Waals surface area contributed by atoms with Crippen molar-refractivity contribution in [1.82, 2.24) is 10.6 Å². The molecule has 0 aliphatic carbocycles. The first-order valence-electron chi connectivity index (χ1n) is 5.90. The maximum absolute atomic E-state index is 14.0. The van der Waals surface area contributed by atoms with Gasteiger partial charge in [-0.05, 0) is 25.0 Å². The predicted octanol–water partition coefficient (Wildman–Crippen LogP) is 1.97. The van der Waals surface area contributed by atoms with Crippen LogP contribution in [0.4, 0.5) is 9.18 Å². The third kappa shape index (κ3) is 1.85. The van der Waals surface area contributed by atoms with E-state index in [0.29, 0.717) is 12.8 Å². The summed E-state index contributed by atoms with van der Waals surface area (Å²) in [4.78, 5) is 23.3. The van der Waals surface area contributed by atoms with Gasteiger partial charge in [-0.2, -0.15) is 0 Å². The second kappa shape index (κ2) is 4.40. The zero-order chi connectivity index (χ0) is 13.3. The maximum Gasteiger partial charge on any atom is 0.322 e. The van der Waals surface area contributed by atoms with E-state index < -0.39 is 23.3 Å². The fraction of sp³-hybridized carbons (Fsp3) is 0.385. The van der Waals surface area contributed by atoms with Gasteiger partial charge in [0.2, 0.25) is 0 Å². The van der Waals surface area contributed by atoms with Crippen LogP contribution in [0.2, 0.25) is 0 Å². The number of nitrogens with one attached hydrogen (secondary N) is 2. The van der Waals surface area contributed by atoms with E-state index >= 15 is 0 Å². The molecule has 1 saturated heterocycles. The van der Waals surface area contributed by atoms with Gasteiger partial charge in [0.1, 0.15) is 11.4 Å². The topological polar surface area (TPSA) is 58.2 Å². The molecule has 0 radical (unpaired) electrons. The standard InChI is InChI=1S/C13H15FN2O2/c1-3-6-13(11(17)15-12(18)16-13)9-5-4-8(2)7-10(9)14/h4-5,7H,3,6H2,1-2H3,(H2,15,16,17,18). The minimum Gasteiger partial charge on any atom is -0.319 e. The molecule has 0 bridgehead atoms. The number of carbonyl (C=O) groups excluding carboxylic acids is 2. The number of benzene rings is 1. The van der Waals surface area contributed by atoms with Gasteiger partial charge in [-0.3, -0.25) is 10.1 Å². The van der Waals surface area contributed by atoms with Crippen molar-refractivity contribution >= 4 is 11.9 Å². The molecule has 1 atom stereocenters. The van der Waals surface area contributed by atoms with Crippen LogP contribution in [-0.4, -0.2) is 11.9 Å². The number of hydrogen-bond donors (Lipinski definition) is 2. The van der Waals surface area contributed by atoms with E-state index in [4.69, 9.17) is 0 Å². The smallest absolute Gasteiger partial charge is 0.319 e. The molecule has 18 heavy (non-hydrogen) atoms. The van der Waals surface area contributed by atoms with Gasteiger partial charge in [-0.1, -0.05) is 25.5 Å². The Morgan fingerprint density at radius 2 is 2.06 bits per heavy atom. The highest BCUT2D eigenvalue weighted by atomic mass is 19.1. The van der Waals surface area contributed by atoms with E-state index in [9.17, 15) is 14.0 Å². The molecule has 0 saturated carbocycles. The van der Waals surface area contributed by atoms with Gasteiger partial charge in [0.15, 0.2) is 0 Å². The van der Waals surface area contributed by atoms with Crippen LogP contribution in [0.25, 0.3) is 0 Å². The average Bonchev–Trinajstić information content (AvgIpc) is 2.54. The summed E-state index contributed by atoms with van der Waals surface area (Å²) in [5.41, 5.74) is -0.283. The predicted molar refractivity (Wildman–Crippen MR) is 64.4 cm³/mol. The van der Waals surface area contributed by atoms with Crippen molar-refractivity contribution in [3.8, 4) is 0 Å². The summed E-state index contributed by atoms with van der Waals surface area (Å²) >= 11 is 0. The summed E-state index contributed by atoms with van der Waals surface area (Å²) in [5, 5.41) is 4.73. The molecule has 1 fully saturated rings. The summed E-state index contributed by atoms with van der Waals surface area (Å²) in [7, 11) is 0. The first-order valence-corrected chi connectivity index (χ1v) is 5.90. The number of hydrogen-bond acceptors (Lipinski definition) is 2. The number of rotatable bonds is 3. The van der Waals surface area contributed by atoms with E-state index in [2.05, 4.69) is 10.6 Å². The molecular formula is C13H15FN2O2. The maximum atomic E-state index is 14.0. The Bertz CT molecular complexity index is 516. The first kappa shape index (κ1) is 12.5. The van der Waals surface area contributed by atoms with Gasteiger partial charge in [0, 0.05) is 5.56 Å². The van der Waals surface area contributed by atoms with Gasteiger partial charge in [0.05, 0.1) is 0 Å². The van der Waals surface area contributed by atoms with E-state index in [1.54, 1.807) is 19.1 Å². The normalized spacial score (nSPS) is 22.8. The summed E-state index contributed by atoms with van der Waals surface area (Å²) in [6.45, 7) is 3.65. The number of aryl methyl sites for hydroxylation is 1. The highest BCUT2D eigenvalue weighted by Crippen LogP contribution is 2.32. The Balaban J connectivity index is 2.54. The Kier molecular flexibility index (Phi) is 3.07. The van der Waals surface area contributed by atoms with Crippen molar-refractivity contribution < 1.29 is 14.0 Å². The molecule has 5 heteroatoms. The molecule has 0 aromatic heterocycles. The van der Waals surface area contributed by atoms with E-state index in [1.165, 1.54) is 6.07 Å². The van der Waals surface area contributed by atoms with E-state index in [0.717, 1.165) is 5.56 Å². The summed E-state index contributed by atoms with van der Waals surface area (Å²) in [6.07, 6.45) is 1.02. The van der Waals surface area contributed by atoms with E-state index in [-0.39, 0.29) is 5.56 Å². The lowest BCUT2D eigenvalue weighted by Gasteiger charge is -2.26. The summed E-state index contributed by atoms with van der Waals surface area (Å²) in [6, 6.07) is 4.08. The molecule has 1 heterocycles. The van der Waals surface area contributed by atoms with Crippen LogP contribution in [0.3, 0.4) is 0 Å². The minimum atomic E-state index is -1.27. The molecule has 96 valence electrons. The molecule has 0 spiro atoms. The monoisotopic (exact) mass is 250 g/mol. The quantitative estimate of drug-likeness (QED) is 0.806. The average molecular weight is 250 g/mol. The second-order valence-corrected chi connectivity index (χ2v) is 4.55. The van der Waals surface area contributed by atoms with Crippen LogP contribution in [0.1, 0.15) is 30.9 Å². The largest absolute Gasteiger partial charge is 0.322 e. The molecule has 1 unspecified atom stereocenters. The molecule has 3 amide bonds. The van der Waals surface area contributed by atoms with Crippen molar-refractivity contribution in [2.45, 2.75) is 32.2 Å². The first-order chi connectivity index (χ1) is 8.49. The fourth-order valence-corrected chi connectivity index (χ4v) is 2.33. The zero-order valence-corrected chi connectivity index (χ0v) is 10.3.